The van der Waals surface area contributed by atoms with Crippen LogP contribution in [0.1, 0.15) is 168 Å². The van der Waals surface area contributed by atoms with Crippen molar-refractivity contribution in [2.45, 2.75) is 175 Å². The van der Waals surface area contributed by atoms with Crippen molar-refractivity contribution in [3.05, 3.63) is 12.4 Å². The predicted molar refractivity (Wildman–Crippen MR) is 150 cm³/mol. The fraction of sp³-hybridized carbons (Fsp3) is 0.935. The summed E-state index contributed by atoms with van der Waals surface area (Å²) in [5.74, 6) is 0. The molecule has 0 aromatic rings. The molecular weight excluding hydrogens is 400 g/mol. The molecule has 0 amide bonds. The largest absolute Gasteiger partial charge is 0.356 e. The summed E-state index contributed by atoms with van der Waals surface area (Å²) >= 11 is 0. The maximum absolute atomic E-state index is 2.69. The molecule has 0 saturated heterocycles. The van der Waals surface area contributed by atoms with Crippen molar-refractivity contribution in [3.63, 3.8) is 0 Å². The third-order valence-corrected chi connectivity index (χ3v) is 7.57. The summed E-state index contributed by atoms with van der Waals surface area (Å²) in [5, 5.41) is 0. The van der Waals surface area contributed by atoms with E-state index in [4.69, 9.17) is 0 Å². The minimum absolute atomic E-state index is 0.644. The smallest absolute Gasteiger partial charge is 0.101 e. The van der Waals surface area contributed by atoms with E-state index < -0.39 is 0 Å². The Morgan fingerprint density at radius 3 is 1.06 bits per heavy atom. The maximum atomic E-state index is 2.69. The molecule has 1 atom stereocenters. The fourth-order valence-electron chi connectivity index (χ4n) is 5.30. The summed E-state index contributed by atoms with van der Waals surface area (Å²) in [6.07, 6.45) is 38.0. The zero-order valence-electron chi connectivity index (χ0n) is 23.3. The lowest BCUT2D eigenvalue weighted by Gasteiger charge is -2.33. The van der Waals surface area contributed by atoms with Crippen LogP contribution in [0.5, 0.6) is 0 Å². The van der Waals surface area contributed by atoms with Crippen molar-refractivity contribution in [2.24, 2.45) is 0 Å². The number of hydrogen-bond donors (Lipinski definition) is 0. The molecule has 0 aliphatic carbocycles. The van der Waals surface area contributed by atoms with E-state index in [2.05, 4.69) is 43.0 Å². The molecule has 0 fully saturated rings. The van der Waals surface area contributed by atoms with Gasteiger partial charge in [-0.2, -0.15) is 0 Å². The van der Waals surface area contributed by atoms with Gasteiger partial charge < -0.3 is 9.80 Å². The second kappa shape index (κ2) is 23.1. The minimum atomic E-state index is 0.644. The Morgan fingerprint density at radius 1 is 0.394 bits per heavy atom. The first-order valence-corrected chi connectivity index (χ1v) is 15.5. The molecule has 33 heavy (non-hydrogen) atoms. The van der Waals surface area contributed by atoms with E-state index in [9.17, 15) is 0 Å². The van der Waals surface area contributed by atoms with Crippen LogP contribution in [0.15, 0.2) is 12.4 Å². The maximum Gasteiger partial charge on any atom is 0.101 e. The lowest BCUT2D eigenvalue weighted by molar-refractivity contribution is 0.135. The van der Waals surface area contributed by atoms with Crippen LogP contribution in [-0.4, -0.2) is 29.1 Å². The van der Waals surface area contributed by atoms with Crippen LogP contribution in [0.25, 0.3) is 0 Å². The van der Waals surface area contributed by atoms with Gasteiger partial charge >= 0.3 is 0 Å². The van der Waals surface area contributed by atoms with Crippen LogP contribution >= 0.6 is 0 Å². The normalized spacial score (nSPS) is 15.8. The third kappa shape index (κ3) is 16.6. The van der Waals surface area contributed by atoms with E-state index >= 15 is 0 Å². The average Bonchev–Trinajstić information content (AvgIpc) is 3.21. The molecular formula is C31H62N2. The molecule has 0 saturated carbocycles. The molecule has 0 radical (unpaired) electrons. The van der Waals surface area contributed by atoms with Gasteiger partial charge in [0, 0.05) is 25.5 Å². The van der Waals surface area contributed by atoms with Gasteiger partial charge in [-0.3, -0.25) is 0 Å². The molecule has 1 aliphatic heterocycles. The van der Waals surface area contributed by atoms with Crippen LogP contribution in [0.4, 0.5) is 0 Å². The second-order valence-electron chi connectivity index (χ2n) is 10.8. The predicted octanol–water partition coefficient (Wildman–Crippen LogP) is 10.4. The first-order valence-electron chi connectivity index (χ1n) is 15.5. The topological polar surface area (TPSA) is 6.48 Å². The highest BCUT2D eigenvalue weighted by Gasteiger charge is 2.24. The molecule has 0 bridgehead atoms. The fourth-order valence-corrected chi connectivity index (χ4v) is 5.30. The quantitative estimate of drug-likeness (QED) is 0.124. The number of hydrogen-bond acceptors (Lipinski definition) is 2. The van der Waals surface area contributed by atoms with Crippen LogP contribution in [0.2, 0.25) is 0 Å². The third-order valence-electron chi connectivity index (χ3n) is 7.57. The van der Waals surface area contributed by atoms with Crippen LogP contribution < -0.4 is 0 Å². The Hall–Kier alpha value is -0.660. The van der Waals surface area contributed by atoms with Gasteiger partial charge in [-0.05, 0) is 25.7 Å². The van der Waals surface area contributed by atoms with E-state index in [1.165, 1.54) is 161 Å². The van der Waals surface area contributed by atoms with Gasteiger partial charge in [-0.25, -0.2) is 0 Å². The Morgan fingerprint density at radius 2 is 0.697 bits per heavy atom. The first-order chi connectivity index (χ1) is 16.3. The van der Waals surface area contributed by atoms with Crippen molar-refractivity contribution in [3.8, 4) is 0 Å². The van der Waals surface area contributed by atoms with E-state index in [0.717, 1.165) is 0 Å². The molecule has 2 nitrogen and oxygen atoms in total. The van der Waals surface area contributed by atoms with Crippen LogP contribution in [-0.2, 0) is 0 Å². The van der Waals surface area contributed by atoms with E-state index in [1.807, 2.05) is 0 Å². The van der Waals surface area contributed by atoms with Crippen molar-refractivity contribution < 1.29 is 0 Å². The minimum Gasteiger partial charge on any atom is -0.356 e. The summed E-state index contributed by atoms with van der Waals surface area (Å²) in [6.45, 7) is 9.46. The van der Waals surface area contributed by atoms with Gasteiger partial charge in [0.25, 0.3) is 0 Å². The zero-order chi connectivity index (χ0) is 23.8. The molecule has 196 valence electrons. The Balaban J connectivity index is 2.26. The van der Waals surface area contributed by atoms with Gasteiger partial charge in [0.1, 0.15) is 6.17 Å². The molecule has 1 rings (SSSR count). The number of unbranched alkanes of at least 4 members (excludes halogenated alkanes) is 19. The number of nitrogens with zero attached hydrogens (tertiary/aromatic N) is 2. The average molecular weight is 463 g/mol. The van der Waals surface area contributed by atoms with E-state index in [-0.39, 0.29) is 0 Å². The van der Waals surface area contributed by atoms with Gasteiger partial charge in [-0.15, -0.1) is 0 Å². The highest BCUT2D eigenvalue weighted by atomic mass is 15.4. The highest BCUT2D eigenvalue weighted by molar-refractivity contribution is 4.97. The Labute approximate surface area is 210 Å². The SMILES string of the molecule is CCCCCCCCCCCN1C=CN(CCCCCCCCC)C1CCCCCCCC. The summed E-state index contributed by atoms with van der Waals surface area (Å²) in [7, 11) is 0. The van der Waals surface area contributed by atoms with Gasteiger partial charge in [0.05, 0.1) is 0 Å². The van der Waals surface area contributed by atoms with E-state index in [1.54, 1.807) is 0 Å². The Bertz CT molecular complexity index is 419. The first kappa shape index (κ1) is 30.4. The monoisotopic (exact) mass is 462 g/mol. The lowest BCUT2D eigenvalue weighted by Crippen LogP contribution is -2.39. The van der Waals surface area contributed by atoms with Crippen molar-refractivity contribution in [1.82, 2.24) is 9.80 Å². The van der Waals surface area contributed by atoms with Crippen LogP contribution in [0, 0.1) is 0 Å². The zero-order valence-corrected chi connectivity index (χ0v) is 23.3. The summed E-state index contributed by atoms with van der Waals surface area (Å²) in [5.41, 5.74) is 0. The summed E-state index contributed by atoms with van der Waals surface area (Å²) in [4.78, 5) is 5.38. The van der Waals surface area contributed by atoms with Gasteiger partial charge in [-0.1, -0.05) is 143 Å². The van der Waals surface area contributed by atoms with E-state index in [0.29, 0.717) is 6.17 Å². The lowest BCUT2D eigenvalue weighted by atomic mass is 10.1. The van der Waals surface area contributed by atoms with Crippen molar-refractivity contribution >= 4 is 0 Å². The summed E-state index contributed by atoms with van der Waals surface area (Å²) < 4.78 is 0. The summed E-state index contributed by atoms with van der Waals surface area (Å²) in [6, 6.07) is 0. The van der Waals surface area contributed by atoms with Gasteiger partial charge in [0.15, 0.2) is 0 Å². The highest BCUT2D eigenvalue weighted by Crippen LogP contribution is 2.24. The Kier molecular flexibility index (Phi) is 21.3. The second-order valence-corrected chi connectivity index (χ2v) is 10.8. The standard InChI is InChI=1S/C31H62N2/c1-4-7-10-13-16-17-19-22-25-28-33-30-29-32(27-24-21-18-14-11-8-5-2)31(33)26-23-20-15-12-9-6-3/h29-31H,4-28H2,1-3H3. The molecule has 0 spiro atoms. The molecule has 0 aromatic carbocycles. The molecule has 1 aliphatic rings. The van der Waals surface area contributed by atoms with Gasteiger partial charge in [0.2, 0.25) is 0 Å². The number of rotatable bonds is 25. The molecule has 0 N–H and O–H groups in total. The van der Waals surface area contributed by atoms with Crippen LogP contribution in [0.3, 0.4) is 0 Å². The molecule has 1 heterocycles. The van der Waals surface area contributed by atoms with Crippen molar-refractivity contribution in [1.29, 1.82) is 0 Å². The molecule has 0 aromatic heterocycles. The molecule has 2 heteroatoms. The molecule has 1 unspecified atom stereocenters. The van der Waals surface area contributed by atoms with Crippen molar-refractivity contribution in [2.75, 3.05) is 13.1 Å².